The Morgan fingerprint density at radius 1 is 0.789 bits per heavy atom. The predicted molar refractivity (Wildman–Crippen MR) is 228 cm³/mol. The number of aliphatic hydroxyl groups is 2. The summed E-state index contributed by atoms with van der Waals surface area (Å²) in [7, 11) is 0. The Morgan fingerprint density at radius 2 is 1.53 bits per heavy atom. The lowest BCUT2D eigenvalue weighted by molar-refractivity contribution is -0.0801. The van der Waals surface area contributed by atoms with Crippen molar-refractivity contribution in [2.45, 2.75) is 83.0 Å². The Morgan fingerprint density at radius 3 is 2.35 bits per heavy atom. The fourth-order valence-electron chi connectivity index (χ4n) is 9.47. The van der Waals surface area contributed by atoms with Gasteiger partial charge >= 0.3 is 6.09 Å². The molecule has 0 saturated heterocycles. The highest BCUT2D eigenvalue weighted by atomic mass is 16.6. The lowest BCUT2D eigenvalue weighted by Crippen LogP contribution is -2.54. The SMILES string of the molecule is CC1=CCCC2(C)C(CCC2(O)CN(Cc2cccc3ccccc23)C(=O)Oc2ccc3ccccc3c2)c2ccc(cc2C(=O)c2ccccc2)CC(O)CC1. The molecule has 1 saturated carbocycles. The van der Waals surface area contributed by atoms with Crippen molar-refractivity contribution in [1.82, 2.24) is 4.90 Å². The van der Waals surface area contributed by atoms with Gasteiger partial charge in [0, 0.05) is 23.1 Å². The number of hydrogen-bond acceptors (Lipinski definition) is 5. The van der Waals surface area contributed by atoms with Gasteiger partial charge in [-0.15, -0.1) is 0 Å². The summed E-state index contributed by atoms with van der Waals surface area (Å²) in [4.78, 5) is 30.6. The summed E-state index contributed by atoms with van der Waals surface area (Å²) in [6.07, 6.45) is 5.44. The van der Waals surface area contributed by atoms with Crippen LogP contribution < -0.4 is 4.74 Å². The number of hydrogen-bond donors (Lipinski definition) is 2. The molecule has 6 heteroatoms. The zero-order chi connectivity index (χ0) is 39.6. The van der Waals surface area contributed by atoms with E-state index in [2.05, 4.69) is 44.2 Å². The summed E-state index contributed by atoms with van der Waals surface area (Å²) in [6, 6.07) is 43.3. The van der Waals surface area contributed by atoms with Crippen LogP contribution in [0, 0.1) is 5.41 Å². The van der Waals surface area contributed by atoms with Crippen LogP contribution in [0.5, 0.6) is 5.75 Å². The predicted octanol–water partition coefficient (Wildman–Crippen LogP) is 11.0. The second-order valence-electron chi connectivity index (χ2n) is 16.5. The molecule has 2 N–H and O–H groups in total. The van der Waals surface area contributed by atoms with E-state index in [0.29, 0.717) is 55.4 Å². The summed E-state index contributed by atoms with van der Waals surface area (Å²) in [5.41, 5.74) is 3.13. The molecular weight excluding hydrogens is 707 g/mol. The second-order valence-corrected chi connectivity index (χ2v) is 16.5. The smallest absolute Gasteiger partial charge is 0.410 e. The molecule has 6 aromatic rings. The van der Waals surface area contributed by atoms with E-state index in [4.69, 9.17) is 4.74 Å². The zero-order valence-electron chi connectivity index (χ0n) is 32.9. The highest BCUT2D eigenvalue weighted by Gasteiger charge is 2.58. The van der Waals surface area contributed by atoms with E-state index in [1.807, 2.05) is 109 Å². The zero-order valence-corrected chi connectivity index (χ0v) is 32.9. The normalized spacial score (nSPS) is 22.4. The van der Waals surface area contributed by atoms with E-state index < -0.39 is 23.2 Å². The van der Waals surface area contributed by atoms with E-state index in [9.17, 15) is 19.8 Å². The van der Waals surface area contributed by atoms with Gasteiger partial charge in [0.05, 0.1) is 18.2 Å². The molecule has 4 unspecified atom stereocenters. The molecule has 0 spiro atoms. The van der Waals surface area contributed by atoms with Crippen LogP contribution in [0.1, 0.15) is 90.9 Å². The average molecular weight is 758 g/mol. The maximum absolute atomic E-state index is 14.5. The lowest BCUT2D eigenvalue weighted by Gasteiger charge is -2.46. The molecule has 4 atom stereocenters. The summed E-state index contributed by atoms with van der Waals surface area (Å²) >= 11 is 0. The molecule has 0 radical (unpaired) electrons. The molecule has 1 fully saturated rings. The molecular formula is C51H51NO5. The number of ketones is 1. The highest BCUT2D eigenvalue weighted by Crippen LogP contribution is 2.59. The minimum atomic E-state index is -1.33. The molecule has 0 aliphatic heterocycles. The molecule has 290 valence electrons. The van der Waals surface area contributed by atoms with Gasteiger partial charge in [0.25, 0.3) is 0 Å². The van der Waals surface area contributed by atoms with Crippen LogP contribution in [0.15, 0.2) is 145 Å². The average Bonchev–Trinajstić information content (AvgIpc) is 3.48. The van der Waals surface area contributed by atoms with Gasteiger partial charge in [0.1, 0.15) is 5.75 Å². The molecule has 6 aromatic carbocycles. The second kappa shape index (κ2) is 16.1. The first kappa shape index (κ1) is 38.3. The van der Waals surface area contributed by atoms with E-state index >= 15 is 0 Å². The maximum Gasteiger partial charge on any atom is 0.415 e. The Labute approximate surface area is 335 Å². The number of carbonyl (C=O) groups excluding carboxylic acids is 2. The Kier molecular flexibility index (Phi) is 10.8. The van der Waals surface area contributed by atoms with E-state index in [1.54, 1.807) is 4.90 Å². The minimum Gasteiger partial charge on any atom is -0.410 e. The third-order valence-corrected chi connectivity index (χ3v) is 12.8. The van der Waals surface area contributed by atoms with Gasteiger partial charge in [-0.3, -0.25) is 4.79 Å². The van der Waals surface area contributed by atoms with E-state index in [-0.39, 0.29) is 24.8 Å². The van der Waals surface area contributed by atoms with Crippen LogP contribution in [-0.4, -0.2) is 45.2 Å². The van der Waals surface area contributed by atoms with Crippen LogP contribution in [0.25, 0.3) is 21.5 Å². The van der Waals surface area contributed by atoms with Gasteiger partial charge in [0.2, 0.25) is 0 Å². The van der Waals surface area contributed by atoms with Crippen LogP contribution >= 0.6 is 0 Å². The number of ether oxygens (including phenoxy) is 1. The van der Waals surface area contributed by atoms with Crippen molar-refractivity contribution in [2.24, 2.45) is 5.41 Å². The standard InChI is InChI=1S/C51H51NO5/c1-35-12-11-28-50(2)47(45-26-22-36(30-42(53)24-21-35)31-46(45)48(54)39-15-4-3-5-16-39)27-29-51(50,56)34-52(33-41-19-10-18-38-14-8-9-20-44(38)41)49(55)57-43-25-23-37-13-6-7-17-40(37)32-43/h3-10,12-20,22-23,25-26,31-32,42,47,53,56H,11,21,24,27-30,33-34H2,1-2H3. The molecule has 2 bridgehead atoms. The quantitative estimate of drug-likeness (QED) is 0.125. The minimum absolute atomic E-state index is 0.0462. The number of carbonyl (C=O) groups is 2. The third kappa shape index (κ3) is 7.89. The van der Waals surface area contributed by atoms with Gasteiger partial charge in [-0.25, -0.2) is 4.79 Å². The van der Waals surface area contributed by atoms with Gasteiger partial charge in [-0.2, -0.15) is 0 Å². The third-order valence-electron chi connectivity index (χ3n) is 12.8. The van der Waals surface area contributed by atoms with Crippen LogP contribution in [0.4, 0.5) is 4.79 Å². The Hall–Kier alpha value is -5.56. The van der Waals surface area contributed by atoms with E-state index in [1.165, 1.54) is 5.57 Å². The monoisotopic (exact) mass is 757 g/mol. The van der Waals surface area contributed by atoms with Crippen molar-refractivity contribution in [2.75, 3.05) is 6.54 Å². The number of benzene rings is 6. The molecule has 3 aliphatic carbocycles. The van der Waals surface area contributed by atoms with Crippen molar-refractivity contribution in [3.8, 4) is 5.75 Å². The molecule has 6 nitrogen and oxygen atoms in total. The molecule has 0 aromatic heterocycles. The summed E-state index contributed by atoms with van der Waals surface area (Å²) in [5.74, 6) is 0.188. The molecule has 1 amide bonds. The van der Waals surface area contributed by atoms with Crippen molar-refractivity contribution in [3.05, 3.63) is 173 Å². The first-order chi connectivity index (χ1) is 27.6. The topological polar surface area (TPSA) is 87.1 Å². The summed E-state index contributed by atoms with van der Waals surface area (Å²) < 4.78 is 6.17. The van der Waals surface area contributed by atoms with Gasteiger partial charge < -0.3 is 19.8 Å². The number of fused-ring (bicyclic) bond motifs is 10. The van der Waals surface area contributed by atoms with Crippen molar-refractivity contribution < 1.29 is 24.5 Å². The summed E-state index contributed by atoms with van der Waals surface area (Å²) in [6.45, 7) is 4.55. The lowest BCUT2D eigenvalue weighted by atomic mass is 9.64. The largest absolute Gasteiger partial charge is 0.415 e. The number of amides is 1. The van der Waals surface area contributed by atoms with Crippen LogP contribution in [-0.2, 0) is 13.0 Å². The number of allylic oxidation sites excluding steroid dienone is 2. The number of aliphatic hydroxyl groups excluding tert-OH is 1. The van der Waals surface area contributed by atoms with Gasteiger partial charge in [-0.1, -0.05) is 134 Å². The first-order valence-corrected chi connectivity index (χ1v) is 20.3. The van der Waals surface area contributed by atoms with Crippen molar-refractivity contribution in [3.63, 3.8) is 0 Å². The molecule has 3 aliphatic rings. The first-order valence-electron chi connectivity index (χ1n) is 20.3. The Balaban J connectivity index is 1.20. The fraction of sp³-hybridized carbons (Fsp3) is 0.294. The van der Waals surface area contributed by atoms with E-state index in [0.717, 1.165) is 44.7 Å². The van der Waals surface area contributed by atoms with Crippen molar-refractivity contribution >= 4 is 33.4 Å². The van der Waals surface area contributed by atoms with Crippen molar-refractivity contribution in [1.29, 1.82) is 0 Å². The Bertz CT molecular complexity index is 2450. The molecule has 57 heavy (non-hydrogen) atoms. The number of rotatable bonds is 7. The molecule has 0 heterocycles. The highest BCUT2D eigenvalue weighted by molar-refractivity contribution is 6.10. The number of nitrogens with zero attached hydrogens (tertiary/aromatic N) is 1. The van der Waals surface area contributed by atoms with Crippen LogP contribution in [0.3, 0.4) is 0 Å². The fourth-order valence-corrected chi connectivity index (χ4v) is 9.47. The van der Waals surface area contributed by atoms with Gasteiger partial charge in [-0.05, 0) is 114 Å². The summed E-state index contributed by atoms with van der Waals surface area (Å²) in [5, 5.41) is 28.4. The van der Waals surface area contributed by atoms with Gasteiger partial charge in [0.15, 0.2) is 5.78 Å². The maximum atomic E-state index is 14.5. The molecule has 9 rings (SSSR count). The van der Waals surface area contributed by atoms with Crippen LogP contribution in [0.2, 0.25) is 0 Å².